The number of benzene rings is 4. The second kappa shape index (κ2) is 8.26. The van der Waals surface area contributed by atoms with Crippen molar-refractivity contribution in [1.29, 1.82) is 0 Å². The van der Waals surface area contributed by atoms with Gasteiger partial charge in [0.05, 0.1) is 10.0 Å². The van der Waals surface area contributed by atoms with Crippen LogP contribution in [0.4, 0.5) is 0 Å². The molecule has 4 aromatic carbocycles. The molecule has 0 atom stereocenters. The van der Waals surface area contributed by atoms with Gasteiger partial charge in [-0.15, -0.1) is 0 Å². The van der Waals surface area contributed by atoms with Gasteiger partial charge in [-0.2, -0.15) is 0 Å². The third kappa shape index (κ3) is 3.76. The summed E-state index contributed by atoms with van der Waals surface area (Å²) in [5.74, 6) is 1.93. The molecule has 0 bridgehead atoms. The molecule has 0 unspecified atom stereocenters. The minimum absolute atomic E-state index is 0.0217. The lowest BCUT2D eigenvalue weighted by atomic mass is 9.84. The van der Waals surface area contributed by atoms with Gasteiger partial charge in [-0.1, -0.05) is 83.9 Å². The highest BCUT2D eigenvalue weighted by Gasteiger charge is 2.28. The van der Waals surface area contributed by atoms with Crippen LogP contribution in [0.3, 0.4) is 0 Å². The minimum Gasteiger partial charge on any atom is -0.484 e. The summed E-state index contributed by atoms with van der Waals surface area (Å²) in [4.78, 5) is 13.0. The average molecular weight is 449 g/mol. The van der Waals surface area contributed by atoms with Crippen molar-refractivity contribution in [3.8, 4) is 17.2 Å². The highest BCUT2D eigenvalue weighted by Crippen LogP contribution is 2.45. The molecule has 0 saturated carbocycles. The fraction of sp³-hybridized carbons (Fsp3) is 0.115. The van der Waals surface area contributed by atoms with Gasteiger partial charge in [-0.3, -0.25) is 4.79 Å². The van der Waals surface area contributed by atoms with Gasteiger partial charge in [-0.05, 0) is 18.2 Å². The van der Waals surface area contributed by atoms with E-state index in [4.69, 9.17) is 32.7 Å². The largest absolute Gasteiger partial charge is 0.484 e. The van der Waals surface area contributed by atoms with Crippen LogP contribution in [-0.4, -0.2) is 12.4 Å². The van der Waals surface area contributed by atoms with Gasteiger partial charge < -0.3 is 9.47 Å². The Morgan fingerprint density at radius 2 is 1.39 bits per heavy atom. The Balaban J connectivity index is 1.40. The van der Waals surface area contributed by atoms with Crippen molar-refractivity contribution < 1.29 is 14.3 Å². The van der Waals surface area contributed by atoms with Gasteiger partial charge in [0.1, 0.15) is 23.9 Å². The molecule has 1 aliphatic rings. The molecule has 5 rings (SSSR count). The molecule has 0 fully saturated rings. The summed E-state index contributed by atoms with van der Waals surface area (Å²) in [5.41, 5.74) is 2.01. The summed E-state index contributed by atoms with van der Waals surface area (Å²) in [7, 11) is 0. The fourth-order valence-electron chi connectivity index (χ4n) is 4.09. The average Bonchev–Trinajstić information content (AvgIpc) is 2.79. The highest BCUT2D eigenvalue weighted by atomic mass is 35.5. The first-order valence-corrected chi connectivity index (χ1v) is 10.7. The van der Waals surface area contributed by atoms with E-state index in [0.717, 1.165) is 33.4 Å². The molecule has 0 saturated heterocycles. The van der Waals surface area contributed by atoms with E-state index in [-0.39, 0.29) is 18.3 Å². The van der Waals surface area contributed by atoms with E-state index in [1.807, 2.05) is 72.8 Å². The van der Waals surface area contributed by atoms with Crippen molar-refractivity contribution in [1.82, 2.24) is 0 Å². The van der Waals surface area contributed by atoms with Gasteiger partial charge in [0.15, 0.2) is 5.78 Å². The normalized spacial score (nSPS) is 12.7. The van der Waals surface area contributed by atoms with Gasteiger partial charge in [0, 0.05) is 34.2 Å². The zero-order chi connectivity index (χ0) is 21.4. The maximum atomic E-state index is 13.0. The molecule has 0 aromatic heterocycles. The second-order valence-electron chi connectivity index (χ2n) is 7.48. The molecule has 0 aliphatic carbocycles. The maximum Gasteiger partial charge on any atom is 0.171 e. The monoisotopic (exact) mass is 448 g/mol. The van der Waals surface area contributed by atoms with E-state index < -0.39 is 0 Å². The minimum atomic E-state index is -0.0883. The van der Waals surface area contributed by atoms with Crippen LogP contribution in [0.15, 0.2) is 78.9 Å². The van der Waals surface area contributed by atoms with E-state index >= 15 is 0 Å². The van der Waals surface area contributed by atoms with Gasteiger partial charge >= 0.3 is 0 Å². The molecule has 3 nitrogen and oxygen atoms in total. The first-order valence-electron chi connectivity index (χ1n) is 9.99. The standard InChI is InChI=1S/C26H18Cl2O3/c27-22-14-23(28)26(20-10-2-1-7-17(20)22)30-15-16(29)13-21-18-8-3-5-11-24(18)31-25-12-6-4-9-19(21)25/h1-12,14,21H,13,15H2. The molecule has 1 aliphatic heterocycles. The zero-order valence-electron chi connectivity index (χ0n) is 16.5. The lowest BCUT2D eigenvalue weighted by Gasteiger charge is -2.27. The van der Waals surface area contributed by atoms with Crippen LogP contribution in [0.1, 0.15) is 23.5 Å². The van der Waals surface area contributed by atoms with Gasteiger partial charge in [-0.25, -0.2) is 0 Å². The zero-order valence-corrected chi connectivity index (χ0v) is 18.0. The number of hydrogen-bond donors (Lipinski definition) is 0. The number of ketones is 1. The molecule has 154 valence electrons. The Hall–Kier alpha value is -3.01. The van der Waals surface area contributed by atoms with Crippen LogP contribution >= 0.6 is 23.2 Å². The van der Waals surface area contributed by atoms with E-state index in [1.54, 1.807) is 6.07 Å². The summed E-state index contributed by atoms with van der Waals surface area (Å²) in [5, 5.41) is 2.56. The molecule has 1 heterocycles. The number of ether oxygens (including phenoxy) is 2. The molecular weight excluding hydrogens is 431 g/mol. The van der Waals surface area contributed by atoms with Crippen LogP contribution < -0.4 is 9.47 Å². The number of hydrogen-bond acceptors (Lipinski definition) is 3. The molecule has 0 radical (unpaired) electrons. The first-order chi connectivity index (χ1) is 15.1. The molecule has 0 spiro atoms. The number of Topliss-reactive ketones (excluding diaryl/α,β-unsaturated/α-hetero) is 1. The maximum absolute atomic E-state index is 13.0. The van der Waals surface area contributed by atoms with Crippen molar-refractivity contribution in [2.45, 2.75) is 12.3 Å². The number of fused-ring (bicyclic) bond motifs is 3. The number of para-hydroxylation sites is 2. The molecular formula is C26H18Cl2O3. The number of carbonyl (C=O) groups excluding carboxylic acids is 1. The Morgan fingerprint density at radius 1 is 0.806 bits per heavy atom. The topological polar surface area (TPSA) is 35.5 Å². The second-order valence-corrected chi connectivity index (χ2v) is 8.29. The van der Waals surface area contributed by atoms with Crippen LogP contribution in [0, 0.1) is 0 Å². The van der Waals surface area contributed by atoms with Crippen molar-refractivity contribution in [3.63, 3.8) is 0 Å². The van der Waals surface area contributed by atoms with Crippen molar-refractivity contribution in [3.05, 3.63) is 100 Å². The first kappa shape index (κ1) is 19.9. The molecule has 31 heavy (non-hydrogen) atoms. The third-order valence-electron chi connectivity index (χ3n) is 5.52. The highest BCUT2D eigenvalue weighted by molar-refractivity contribution is 6.39. The fourth-order valence-corrected chi connectivity index (χ4v) is 4.68. The predicted octanol–water partition coefficient (Wildman–Crippen LogP) is 7.42. The number of halogens is 2. The predicted molar refractivity (Wildman–Crippen MR) is 124 cm³/mol. The summed E-state index contributed by atoms with van der Waals surface area (Å²) >= 11 is 12.7. The Kier molecular flexibility index (Phi) is 5.31. The summed E-state index contributed by atoms with van der Waals surface area (Å²) < 4.78 is 11.9. The lowest BCUT2D eigenvalue weighted by Crippen LogP contribution is -2.18. The summed E-state index contributed by atoms with van der Waals surface area (Å²) in [6.45, 7) is -0.0764. The number of rotatable bonds is 5. The van der Waals surface area contributed by atoms with E-state index in [9.17, 15) is 4.79 Å². The van der Waals surface area contributed by atoms with E-state index in [1.165, 1.54) is 0 Å². The third-order valence-corrected chi connectivity index (χ3v) is 6.11. The SMILES string of the molecule is O=C(COc1c(Cl)cc(Cl)c2ccccc12)CC1c2ccccc2Oc2ccccc21. The van der Waals surface area contributed by atoms with E-state index in [0.29, 0.717) is 22.2 Å². The number of carbonyl (C=O) groups is 1. The van der Waals surface area contributed by atoms with Crippen LogP contribution in [0.5, 0.6) is 17.2 Å². The van der Waals surface area contributed by atoms with Crippen LogP contribution in [0.25, 0.3) is 10.8 Å². The van der Waals surface area contributed by atoms with Crippen LogP contribution in [-0.2, 0) is 4.79 Å². The van der Waals surface area contributed by atoms with Crippen molar-refractivity contribution >= 4 is 39.8 Å². The van der Waals surface area contributed by atoms with E-state index in [2.05, 4.69) is 0 Å². The lowest BCUT2D eigenvalue weighted by molar-refractivity contribution is -0.121. The van der Waals surface area contributed by atoms with Gasteiger partial charge in [0.2, 0.25) is 0 Å². The molecule has 4 aromatic rings. The van der Waals surface area contributed by atoms with Crippen molar-refractivity contribution in [2.75, 3.05) is 6.61 Å². The Bertz CT molecular complexity index is 1250. The van der Waals surface area contributed by atoms with Crippen molar-refractivity contribution in [2.24, 2.45) is 0 Å². The Morgan fingerprint density at radius 3 is 2.06 bits per heavy atom. The summed E-state index contributed by atoms with van der Waals surface area (Å²) in [6.07, 6.45) is 0.306. The van der Waals surface area contributed by atoms with Crippen LogP contribution in [0.2, 0.25) is 10.0 Å². The molecule has 5 heteroatoms. The quantitative estimate of drug-likeness (QED) is 0.318. The molecule has 0 amide bonds. The Labute approximate surface area is 190 Å². The summed E-state index contributed by atoms with van der Waals surface area (Å²) in [6, 6.07) is 24.9. The smallest absolute Gasteiger partial charge is 0.171 e. The van der Waals surface area contributed by atoms with Gasteiger partial charge in [0.25, 0.3) is 0 Å². The molecule has 0 N–H and O–H groups in total.